The average molecular weight is 489 g/mol. The lowest BCUT2D eigenvalue weighted by Gasteiger charge is -2.30. The van der Waals surface area contributed by atoms with E-state index in [4.69, 9.17) is 4.74 Å². The SMILES string of the molecule is CCN(CC)S(=O)(=O)c1ccc(N2CCOCC2)c(C(=O)NCc2cccc(C(=O)NC)c2)c1. The highest BCUT2D eigenvalue weighted by Crippen LogP contribution is 2.27. The third-order valence-electron chi connectivity index (χ3n) is 5.78. The van der Waals surface area contributed by atoms with Crippen LogP contribution >= 0.6 is 0 Å². The summed E-state index contributed by atoms with van der Waals surface area (Å²) in [5.74, 6) is -0.597. The zero-order valence-electron chi connectivity index (χ0n) is 19.8. The molecule has 1 fully saturated rings. The molecule has 1 aliphatic rings. The summed E-state index contributed by atoms with van der Waals surface area (Å²) in [5.41, 5.74) is 2.21. The van der Waals surface area contributed by atoms with Crippen LogP contribution in [0.3, 0.4) is 0 Å². The van der Waals surface area contributed by atoms with Crippen molar-refractivity contribution >= 4 is 27.5 Å². The van der Waals surface area contributed by atoms with Crippen LogP contribution in [0.5, 0.6) is 0 Å². The van der Waals surface area contributed by atoms with Gasteiger partial charge in [-0.25, -0.2) is 8.42 Å². The van der Waals surface area contributed by atoms with Crippen LogP contribution in [0.25, 0.3) is 0 Å². The number of morpholine rings is 1. The van der Waals surface area contributed by atoms with E-state index in [2.05, 4.69) is 10.6 Å². The molecule has 0 bridgehead atoms. The highest BCUT2D eigenvalue weighted by Gasteiger charge is 2.26. The van der Waals surface area contributed by atoms with Crippen LogP contribution in [0.15, 0.2) is 47.4 Å². The number of rotatable bonds is 9. The summed E-state index contributed by atoms with van der Waals surface area (Å²) in [6.45, 7) is 6.72. The fourth-order valence-corrected chi connectivity index (χ4v) is 5.38. The Hall–Kier alpha value is -2.95. The number of benzene rings is 2. The molecule has 0 aromatic heterocycles. The maximum Gasteiger partial charge on any atom is 0.253 e. The minimum atomic E-state index is -3.72. The van der Waals surface area contributed by atoms with Gasteiger partial charge < -0.3 is 20.3 Å². The zero-order valence-corrected chi connectivity index (χ0v) is 20.7. The zero-order chi connectivity index (χ0) is 24.7. The van der Waals surface area contributed by atoms with Crippen LogP contribution in [0.1, 0.15) is 40.1 Å². The summed E-state index contributed by atoms with van der Waals surface area (Å²) in [4.78, 5) is 27.3. The maximum absolute atomic E-state index is 13.3. The Bertz CT molecular complexity index is 1130. The molecule has 2 aromatic carbocycles. The molecule has 34 heavy (non-hydrogen) atoms. The van der Waals surface area contributed by atoms with E-state index in [9.17, 15) is 18.0 Å². The third-order valence-corrected chi connectivity index (χ3v) is 7.82. The number of hydrogen-bond acceptors (Lipinski definition) is 6. The molecule has 0 unspecified atom stereocenters. The van der Waals surface area contributed by atoms with Gasteiger partial charge in [0.1, 0.15) is 0 Å². The fraction of sp³-hybridized carbons (Fsp3) is 0.417. The second-order valence-corrected chi connectivity index (χ2v) is 9.77. The number of carbonyl (C=O) groups is 2. The molecule has 184 valence electrons. The van der Waals surface area contributed by atoms with Crippen LogP contribution in [0, 0.1) is 0 Å². The van der Waals surface area contributed by atoms with E-state index in [1.54, 1.807) is 51.2 Å². The first-order chi connectivity index (χ1) is 16.3. The lowest BCUT2D eigenvalue weighted by Crippen LogP contribution is -2.38. The van der Waals surface area contributed by atoms with Gasteiger partial charge in [-0.3, -0.25) is 9.59 Å². The lowest BCUT2D eigenvalue weighted by molar-refractivity contribution is 0.0947. The summed E-state index contributed by atoms with van der Waals surface area (Å²) in [5, 5.41) is 5.46. The molecule has 0 radical (unpaired) electrons. The molecule has 0 aliphatic carbocycles. The van der Waals surface area contributed by atoms with Crippen molar-refractivity contribution in [1.82, 2.24) is 14.9 Å². The summed E-state index contributed by atoms with van der Waals surface area (Å²) in [6.07, 6.45) is 0. The molecule has 1 aliphatic heterocycles. The van der Waals surface area contributed by atoms with Gasteiger partial charge in [0.15, 0.2) is 0 Å². The summed E-state index contributed by atoms with van der Waals surface area (Å²) in [7, 11) is -2.17. The molecule has 0 atom stereocenters. The topological polar surface area (TPSA) is 108 Å². The number of nitrogens with one attached hydrogen (secondary N) is 2. The molecule has 3 rings (SSSR count). The van der Waals surface area contributed by atoms with Gasteiger partial charge in [-0.15, -0.1) is 0 Å². The quantitative estimate of drug-likeness (QED) is 0.558. The van der Waals surface area contributed by atoms with Crippen LogP contribution in [0.2, 0.25) is 0 Å². The van der Waals surface area contributed by atoms with E-state index in [0.717, 1.165) is 5.56 Å². The Kier molecular flexibility index (Phi) is 8.65. The molecule has 2 N–H and O–H groups in total. The largest absolute Gasteiger partial charge is 0.378 e. The van der Waals surface area contributed by atoms with Gasteiger partial charge in [0.2, 0.25) is 10.0 Å². The number of anilines is 1. The summed E-state index contributed by atoms with van der Waals surface area (Å²) in [6, 6.07) is 11.7. The van der Waals surface area contributed by atoms with Crippen molar-refractivity contribution in [2.24, 2.45) is 0 Å². The van der Waals surface area contributed by atoms with Crippen molar-refractivity contribution in [1.29, 1.82) is 0 Å². The van der Waals surface area contributed by atoms with Gasteiger partial charge in [0.25, 0.3) is 11.8 Å². The van der Waals surface area contributed by atoms with E-state index in [0.29, 0.717) is 50.6 Å². The normalized spacial score (nSPS) is 14.2. The molecule has 2 aromatic rings. The maximum atomic E-state index is 13.3. The predicted octanol–water partition coefficient (Wildman–Crippen LogP) is 1.84. The third kappa shape index (κ3) is 5.75. The van der Waals surface area contributed by atoms with Crippen LogP contribution in [-0.2, 0) is 21.3 Å². The molecular weight excluding hydrogens is 456 g/mol. The van der Waals surface area contributed by atoms with E-state index in [1.807, 2.05) is 11.0 Å². The first-order valence-electron chi connectivity index (χ1n) is 11.4. The van der Waals surface area contributed by atoms with Crippen LogP contribution in [0.4, 0.5) is 5.69 Å². The molecule has 0 spiro atoms. The number of sulfonamides is 1. The summed E-state index contributed by atoms with van der Waals surface area (Å²) < 4.78 is 33.0. The summed E-state index contributed by atoms with van der Waals surface area (Å²) >= 11 is 0. The van der Waals surface area contributed by atoms with Crippen molar-refractivity contribution in [3.05, 3.63) is 59.2 Å². The van der Waals surface area contributed by atoms with Gasteiger partial charge in [0.05, 0.1) is 23.7 Å². The van der Waals surface area contributed by atoms with E-state index >= 15 is 0 Å². The minimum Gasteiger partial charge on any atom is -0.378 e. The molecular formula is C24H32N4O5S. The Morgan fingerprint density at radius 2 is 1.74 bits per heavy atom. The van der Waals surface area contributed by atoms with Gasteiger partial charge in [-0.2, -0.15) is 4.31 Å². The highest BCUT2D eigenvalue weighted by atomic mass is 32.2. The highest BCUT2D eigenvalue weighted by molar-refractivity contribution is 7.89. The van der Waals surface area contributed by atoms with Gasteiger partial charge >= 0.3 is 0 Å². The number of ether oxygens (including phenoxy) is 1. The average Bonchev–Trinajstić information content (AvgIpc) is 2.87. The van der Waals surface area contributed by atoms with Crippen molar-refractivity contribution in [2.75, 3.05) is 51.3 Å². The van der Waals surface area contributed by atoms with Crippen molar-refractivity contribution in [2.45, 2.75) is 25.3 Å². The van der Waals surface area contributed by atoms with Gasteiger partial charge in [0, 0.05) is 51.0 Å². The van der Waals surface area contributed by atoms with Gasteiger partial charge in [-0.1, -0.05) is 26.0 Å². The number of carbonyl (C=O) groups excluding carboxylic acids is 2. The molecule has 9 nitrogen and oxygen atoms in total. The number of amides is 2. The van der Waals surface area contributed by atoms with Crippen LogP contribution < -0.4 is 15.5 Å². The van der Waals surface area contributed by atoms with Crippen molar-refractivity contribution < 1.29 is 22.7 Å². The molecule has 0 saturated carbocycles. The Morgan fingerprint density at radius 1 is 1.03 bits per heavy atom. The first-order valence-corrected chi connectivity index (χ1v) is 12.8. The second kappa shape index (κ2) is 11.5. The minimum absolute atomic E-state index is 0.0833. The Labute approximate surface area is 201 Å². The van der Waals surface area contributed by atoms with E-state index < -0.39 is 10.0 Å². The van der Waals surface area contributed by atoms with Crippen molar-refractivity contribution in [3.8, 4) is 0 Å². The van der Waals surface area contributed by atoms with Crippen molar-refractivity contribution in [3.63, 3.8) is 0 Å². The number of hydrogen-bond donors (Lipinski definition) is 2. The molecule has 2 amide bonds. The standard InChI is InChI=1S/C24H32N4O5S/c1-4-28(5-2)34(31,32)20-9-10-22(27-11-13-33-14-12-27)21(16-20)24(30)26-17-18-7-6-8-19(15-18)23(29)25-3/h6-10,15-16H,4-5,11-14,17H2,1-3H3,(H,25,29)(H,26,30). The predicted molar refractivity (Wildman–Crippen MR) is 131 cm³/mol. The lowest BCUT2D eigenvalue weighted by atomic mass is 10.1. The monoisotopic (exact) mass is 488 g/mol. The second-order valence-electron chi connectivity index (χ2n) is 7.83. The van der Waals surface area contributed by atoms with Crippen LogP contribution in [-0.4, -0.2) is 71.0 Å². The molecule has 10 heteroatoms. The smallest absolute Gasteiger partial charge is 0.253 e. The Morgan fingerprint density at radius 3 is 2.38 bits per heavy atom. The Balaban J connectivity index is 1.91. The molecule has 1 saturated heterocycles. The first kappa shape index (κ1) is 25.7. The number of nitrogens with zero attached hydrogens (tertiary/aromatic N) is 2. The van der Waals surface area contributed by atoms with E-state index in [-0.39, 0.29) is 28.8 Å². The molecule has 1 heterocycles. The van der Waals surface area contributed by atoms with E-state index in [1.165, 1.54) is 10.4 Å². The fourth-order valence-electron chi connectivity index (χ4n) is 3.89. The van der Waals surface area contributed by atoms with Gasteiger partial charge in [-0.05, 0) is 35.9 Å².